The zero-order valence-corrected chi connectivity index (χ0v) is 18.6. The number of amides is 2. The number of anilines is 2. The summed E-state index contributed by atoms with van der Waals surface area (Å²) >= 11 is 0. The Morgan fingerprint density at radius 3 is 2.06 bits per heavy atom. The van der Waals surface area contributed by atoms with Crippen LogP contribution < -0.4 is 10.2 Å². The molecule has 2 aliphatic rings. The van der Waals surface area contributed by atoms with Crippen LogP contribution in [-0.2, 0) is 21.9 Å². The first-order valence-electron chi connectivity index (χ1n) is 10.8. The van der Waals surface area contributed by atoms with Gasteiger partial charge in [-0.1, -0.05) is 18.2 Å². The van der Waals surface area contributed by atoms with Crippen LogP contribution in [0.5, 0.6) is 0 Å². The Hall–Kier alpha value is -3.11. The number of benzene rings is 2. The molecule has 0 radical (unpaired) electrons. The Morgan fingerprint density at radius 2 is 1.54 bits per heavy atom. The van der Waals surface area contributed by atoms with E-state index in [-0.39, 0.29) is 25.5 Å². The minimum atomic E-state index is -5.10. The number of carbonyl (C=O) groups is 2. The Labute approximate surface area is 196 Å². The standard InChI is InChI=1S/C24H21F7N2O2/c1-12-4-3-5-13(2)19(12)33-11-22(10-16(25)9-18(22)20(33)34)21(35)32-17-7-14(23(26,27)28)6-15(8-17)24(29,30)31/h3-8,16,18H,9-11H2,1-2H3,(H,32,35). The van der Waals surface area contributed by atoms with Crippen molar-refractivity contribution in [2.24, 2.45) is 11.3 Å². The zero-order chi connectivity index (χ0) is 25.9. The summed E-state index contributed by atoms with van der Waals surface area (Å²) in [5.41, 5.74) is -3.54. The molecule has 0 bridgehead atoms. The number of para-hydroxylation sites is 1. The van der Waals surface area contributed by atoms with Crippen molar-refractivity contribution >= 4 is 23.2 Å². The first kappa shape index (κ1) is 25.0. The molecule has 188 valence electrons. The Kier molecular flexibility index (Phi) is 5.88. The summed E-state index contributed by atoms with van der Waals surface area (Å²) in [6.45, 7) is 3.28. The average molecular weight is 502 g/mol. The van der Waals surface area contributed by atoms with Crippen LogP contribution in [0.1, 0.15) is 35.1 Å². The zero-order valence-electron chi connectivity index (χ0n) is 18.6. The van der Waals surface area contributed by atoms with Crippen LogP contribution in [0.2, 0.25) is 0 Å². The number of hydrogen-bond acceptors (Lipinski definition) is 2. The predicted octanol–water partition coefficient (Wildman–Crippen LogP) is 6.06. The van der Waals surface area contributed by atoms with Gasteiger partial charge < -0.3 is 10.2 Å². The molecule has 0 spiro atoms. The summed E-state index contributed by atoms with van der Waals surface area (Å²) in [4.78, 5) is 28.0. The average Bonchev–Trinajstić information content (AvgIpc) is 3.20. The van der Waals surface area contributed by atoms with Gasteiger partial charge in [-0.25, -0.2) is 4.39 Å². The van der Waals surface area contributed by atoms with Crippen LogP contribution in [0.25, 0.3) is 0 Å². The van der Waals surface area contributed by atoms with Crippen LogP contribution in [0.15, 0.2) is 36.4 Å². The minimum absolute atomic E-state index is 0.0499. The quantitative estimate of drug-likeness (QED) is 0.519. The predicted molar refractivity (Wildman–Crippen MR) is 113 cm³/mol. The molecule has 1 aliphatic heterocycles. The molecule has 1 N–H and O–H groups in total. The number of carbonyl (C=O) groups excluding carboxylic acids is 2. The SMILES string of the molecule is Cc1cccc(C)c1N1CC2(C(=O)Nc3cc(C(F)(F)F)cc(C(F)(F)F)c3)CC(F)CC2C1=O. The second-order valence-electron chi connectivity index (χ2n) is 9.16. The second-order valence-corrected chi connectivity index (χ2v) is 9.16. The van der Waals surface area contributed by atoms with Crippen LogP contribution in [0.4, 0.5) is 42.1 Å². The van der Waals surface area contributed by atoms with E-state index < -0.39 is 58.5 Å². The molecule has 1 saturated carbocycles. The summed E-state index contributed by atoms with van der Waals surface area (Å²) in [7, 11) is 0. The topological polar surface area (TPSA) is 49.4 Å². The van der Waals surface area contributed by atoms with Gasteiger partial charge in [0, 0.05) is 17.9 Å². The third-order valence-electron chi connectivity index (χ3n) is 6.76. The van der Waals surface area contributed by atoms with Crippen molar-refractivity contribution in [3.05, 3.63) is 58.7 Å². The van der Waals surface area contributed by atoms with E-state index in [2.05, 4.69) is 5.32 Å². The molecule has 2 fully saturated rings. The molecule has 1 aliphatic carbocycles. The number of rotatable bonds is 3. The number of nitrogens with zero attached hydrogens (tertiary/aromatic N) is 1. The lowest BCUT2D eigenvalue weighted by molar-refractivity contribution is -0.143. The number of aryl methyl sites for hydroxylation is 2. The fourth-order valence-electron chi connectivity index (χ4n) is 5.19. The van der Waals surface area contributed by atoms with Gasteiger partial charge in [0.2, 0.25) is 11.8 Å². The van der Waals surface area contributed by atoms with Crippen molar-refractivity contribution in [2.75, 3.05) is 16.8 Å². The Balaban J connectivity index is 1.72. The summed E-state index contributed by atoms with van der Waals surface area (Å²) < 4.78 is 93.8. The van der Waals surface area contributed by atoms with E-state index in [1.54, 1.807) is 32.0 Å². The van der Waals surface area contributed by atoms with E-state index in [1.807, 2.05) is 0 Å². The maximum atomic E-state index is 14.4. The molecule has 11 heteroatoms. The summed E-state index contributed by atoms with van der Waals surface area (Å²) in [6.07, 6.45) is -12.3. The van der Waals surface area contributed by atoms with Crippen LogP contribution in [0.3, 0.4) is 0 Å². The largest absolute Gasteiger partial charge is 0.416 e. The van der Waals surface area contributed by atoms with Crippen molar-refractivity contribution in [3.63, 3.8) is 0 Å². The normalized spacial score (nSPS) is 24.6. The van der Waals surface area contributed by atoms with Crippen molar-refractivity contribution < 1.29 is 40.3 Å². The summed E-state index contributed by atoms with van der Waals surface area (Å²) in [5, 5.41) is 2.13. The minimum Gasteiger partial charge on any atom is -0.325 e. The molecule has 3 unspecified atom stereocenters. The van der Waals surface area contributed by atoms with Gasteiger partial charge in [-0.15, -0.1) is 0 Å². The highest BCUT2D eigenvalue weighted by atomic mass is 19.4. The molecule has 35 heavy (non-hydrogen) atoms. The smallest absolute Gasteiger partial charge is 0.325 e. The van der Waals surface area contributed by atoms with Gasteiger partial charge in [0.25, 0.3) is 0 Å². The Morgan fingerprint density at radius 1 is 1.00 bits per heavy atom. The van der Waals surface area contributed by atoms with Crippen LogP contribution >= 0.6 is 0 Å². The molecule has 0 aromatic heterocycles. The molecule has 3 atom stereocenters. The third-order valence-corrected chi connectivity index (χ3v) is 6.76. The molecule has 2 amide bonds. The van der Waals surface area contributed by atoms with E-state index in [1.165, 1.54) is 4.90 Å². The number of fused-ring (bicyclic) bond motifs is 1. The number of hydrogen-bond donors (Lipinski definition) is 1. The maximum Gasteiger partial charge on any atom is 0.416 e. The van der Waals surface area contributed by atoms with Gasteiger partial charge in [0.1, 0.15) is 6.17 Å². The lowest BCUT2D eigenvalue weighted by atomic mass is 9.79. The summed E-state index contributed by atoms with van der Waals surface area (Å²) in [6, 6.07) is 6.03. The fourth-order valence-corrected chi connectivity index (χ4v) is 5.19. The van der Waals surface area contributed by atoms with Gasteiger partial charge in [-0.05, 0) is 56.0 Å². The fraction of sp³-hybridized carbons (Fsp3) is 0.417. The van der Waals surface area contributed by atoms with Crippen LogP contribution in [0, 0.1) is 25.2 Å². The molecule has 2 aromatic rings. The monoisotopic (exact) mass is 502 g/mol. The highest BCUT2D eigenvalue weighted by Crippen LogP contribution is 2.53. The molecule has 1 saturated heterocycles. The number of nitrogens with one attached hydrogen (secondary N) is 1. The molecule has 4 rings (SSSR count). The van der Waals surface area contributed by atoms with Crippen molar-refractivity contribution in [2.45, 2.75) is 45.2 Å². The van der Waals surface area contributed by atoms with Gasteiger partial charge in [0.15, 0.2) is 0 Å². The van der Waals surface area contributed by atoms with Gasteiger partial charge in [-0.2, -0.15) is 26.3 Å². The van der Waals surface area contributed by atoms with E-state index >= 15 is 0 Å². The van der Waals surface area contributed by atoms with Gasteiger partial charge in [0.05, 0.1) is 22.5 Å². The van der Waals surface area contributed by atoms with E-state index in [4.69, 9.17) is 0 Å². The lowest BCUT2D eigenvalue weighted by Gasteiger charge is -2.28. The first-order chi connectivity index (χ1) is 16.1. The number of alkyl halides is 7. The van der Waals surface area contributed by atoms with E-state index in [9.17, 15) is 40.3 Å². The first-order valence-corrected chi connectivity index (χ1v) is 10.8. The molecule has 4 nitrogen and oxygen atoms in total. The lowest BCUT2D eigenvalue weighted by Crippen LogP contribution is -2.41. The molecular formula is C24H21F7N2O2. The third kappa shape index (κ3) is 4.36. The second kappa shape index (κ2) is 8.23. The molecular weight excluding hydrogens is 481 g/mol. The summed E-state index contributed by atoms with van der Waals surface area (Å²) in [5.74, 6) is -2.58. The highest BCUT2D eigenvalue weighted by molar-refractivity contribution is 6.08. The van der Waals surface area contributed by atoms with Crippen LogP contribution in [-0.4, -0.2) is 24.5 Å². The van der Waals surface area contributed by atoms with E-state index in [0.29, 0.717) is 17.8 Å². The molecule has 1 heterocycles. The van der Waals surface area contributed by atoms with Gasteiger partial charge in [-0.3, -0.25) is 9.59 Å². The molecule has 2 aromatic carbocycles. The van der Waals surface area contributed by atoms with Crippen molar-refractivity contribution in [1.82, 2.24) is 0 Å². The van der Waals surface area contributed by atoms with Crippen molar-refractivity contribution in [3.8, 4) is 0 Å². The van der Waals surface area contributed by atoms with Gasteiger partial charge >= 0.3 is 12.4 Å². The van der Waals surface area contributed by atoms with Crippen molar-refractivity contribution in [1.29, 1.82) is 0 Å². The number of halogens is 7. The maximum absolute atomic E-state index is 14.4. The Bertz CT molecular complexity index is 1140. The highest BCUT2D eigenvalue weighted by Gasteiger charge is 2.62. The van der Waals surface area contributed by atoms with E-state index in [0.717, 1.165) is 11.1 Å².